The highest BCUT2D eigenvalue weighted by Gasteiger charge is 2.13. The predicted molar refractivity (Wildman–Crippen MR) is 113 cm³/mol. The molecule has 2 N–H and O–H groups in total. The number of nitrogens with zero attached hydrogens (tertiary/aromatic N) is 6. The summed E-state index contributed by atoms with van der Waals surface area (Å²) in [6, 6.07) is 17.1. The van der Waals surface area contributed by atoms with Gasteiger partial charge in [0.15, 0.2) is 5.82 Å². The molecule has 4 rings (SSSR count). The molecule has 0 bridgehead atoms. The molecule has 0 fully saturated rings. The van der Waals surface area contributed by atoms with E-state index in [9.17, 15) is 4.79 Å². The Balaban J connectivity index is 1.28. The molecule has 0 aliphatic rings. The fourth-order valence-corrected chi connectivity index (χ4v) is 2.97. The van der Waals surface area contributed by atoms with Gasteiger partial charge in [-0.2, -0.15) is 10.2 Å². The number of carbonyl (C=O) groups excluding carboxylic acids is 1. The van der Waals surface area contributed by atoms with Crippen molar-refractivity contribution in [1.82, 2.24) is 35.1 Å². The quantitative estimate of drug-likeness (QED) is 0.460. The second kappa shape index (κ2) is 8.56. The molecule has 0 unspecified atom stereocenters. The lowest BCUT2D eigenvalue weighted by Crippen LogP contribution is -2.30. The summed E-state index contributed by atoms with van der Waals surface area (Å²) in [4.78, 5) is 12.5. The molecule has 0 aliphatic carbocycles. The monoisotopic (exact) mass is 402 g/mol. The standard InChI is InChI=1S/C21H22N8O/c1-15-10-13-29(26-15)20-9-8-19(24-25-20)22-11-12-23-21(30)18-14-17(27-28(18)2)16-6-4-3-5-7-16/h3-10,13-14H,11-12H2,1-2H3,(H,22,24)(H,23,30). The van der Waals surface area contributed by atoms with Crippen LogP contribution in [0.5, 0.6) is 0 Å². The van der Waals surface area contributed by atoms with Gasteiger partial charge in [0.2, 0.25) is 0 Å². The molecule has 9 heteroatoms. The van der Waals surface area contributed by atoms with Crippen LogP contribution in [0.3, 0.4) is 0 Å². The van der Waals surface area contributed by atoms with Crippen LogP contribution < -0.4 is 10.6 Å². The third-order valence-electron chi connectivity index (χ3n) is 4.51. The molecule has 152 valence electrons. The normalized spacial score (nSPS) is 10.7. The Bertz CT molecular complexity index is 1130. The molecule has 9 nitrogen and oxygen atoms in total. The van der Waals surface area contributed by atoms with Gasteiger partial charge in [0.05, 0.1) is 11.4 Å². The van der Waals surface area contributed by atoms with Crippen molar-refractivity contribution in [2.45, 2.75) is 6.92 Å². The molecule has 0 spiro atoms. The molecule has 0 radical (unpaired) electrons. The van der Waals surface area contributed by atoms with Gasteiger partial charge in [-0.25, -0.2) is 4.68 Å². The van der Waals surface area contributed by atoms with E-state index in [-0.39, 0.29) is 5.91 Å². The van der Waals surface area contributed by atoms with Crippen molar-refractivity contribution in [2.24, 2.45) is 7.05 Å². The number of amides is 1. The van der Waals surface area contributed by atoms with Crippen LogP contribution in [0.15, 0.2) is 60.8 Å². The molecule has 0 saturated heterocycles. The fourth-order valence-electron chi connectivity index (χ4n) is 2.97. The van der Waals surface area contributed by atoms with Crippen molar-refractivity contribution in [3.63, 3.8) is 0 Å². The largest absolute Gasteiger partial charge is 0.367 e. The summed E-state index contributed by atoms with van der Waals surface area (Å²) in [5.41, 5.74) is 3.16. The SMILES string of the molecule is Cc1ccn(-c2ccc(NCCNC(=O)c3cc(-c4ccccc4)nn3C)nn2)n1. The van der Waals surface area contributed by atoms with Crippen LogP contribution in [-0.4, -0.2) is 48.8 Å². The van der Waals surface area contributed by atoms with Crippen LogP contribution >= 0.6 is 0 Å². The average Bonchev–Trinajstić information content (AvgIpc) is 3.38. The van der Waals surface area contributed by atoms with Crippen molar-refractivity contribution in [2.75, 3.05) is 18.4 Å². The van der Waals surface area contributed by atoms with Gasteiger partial charge in [0.1, 0.15) is 11.5 Å². The minimum Gasteiger partial charge on any atom is -0.367 e. The highest BCUT2D eigenvalue weighted by atomic mass is 16.2. The maximum atomic E-state index is 12.5. The number of aromatic nitrogens is 6. The molecule has 4 aromatic rings. The van der Waals surface area contributed by atoms with Crippen LogP contribution in [0.1, 0.15) is 16.2 Å². The Morgan fingerprint density at radius 3 is 2.53 bits per heavy atom. The lowest BCUT2D eigenvalue weighted by molar-refractivity contribution is 0.0946. The number of anilines is 1. The van der Waals surface area contributed by atoms with Gasteiger partial charge >= 0.3 is 0 Å². The number of hydrogen-bond donors (Lipinski definition) is 2. The second-order valence-corrected chi connectivity index (χ2v) is 6.77. The first kappa shape index (κ1) is 19.3. The second-order valence-electron chi connectivity index (χ2n) is 6.77. The lowest BCUT2D eigenvalue weighted by atomic mass is 10.1. The molecular weight excluding hydrogens is 380 g/mol. The van der Waals surface area contributed by atoms with Crippen molar-refractivity contribution in [1.29, 1.82) is 0 Å². The summed E-state index contributed by atoms with van der Waals surface area (Å²) in [5.74, 6) is 1.10. The van der Waals surface area contributed by atoms with E-state index in [2.05, 4.69) is 31.0 Å². The summed E-state index contributed by atoms with van der Waals surface area (Å²) in [6.45, 7) is 2.87. The molecule has 1 amide bonds. The number of aryl methyl sites for hydroxylation is 2. The number of rotatable bonds is 7. The zero-order valence-electron chi connectivity index (χ0n) is 16.8. The van der Waals surface area contributed by atoms with Gasteiger partial charge in [-0.05, 0) is 31.2 Å². The van der Waals surface area contributed by atoms with E-state index < -0.39 is 0 Å². The van der Waals surface area contributed by atoms with E-state index in [1.165, 1.54) is 0 Å². The molecular formula is C21H22N8O. The minimum atomic E-state index is -0.176. The highest BCUT2D eigenvalue weighted by Crippen LogP contribution is 2.18. The van der Waals surface area contributed by atoms with E-state index in [0.29, 0.717) is 30.4 Å². The molecule has 0 saturated carbocycles. The Morgan fingerprint density at radius 1 is 1.00 bits per heavy atom. The highest BCUT2D eigenvalue weighted by molar-refractivity contribution is 5.93. The molecule has 0 aliphatic heterocycles. The summed E-state index contributed by atoms with van der Waals surface area (Å²) in [6.07, 6.45) is 1.84. The zero-order chi connectivity index (χ0) is 20.9. The molecule has 3 heterocycles. The molecule has 3 aromatic heterocycles. The topological polar surface area (TPSA) is 103 Å². The first-order valence-electron chi connectivity index (χ1n) is 9.58. The van der Waals surface area contributed by atoms with Gasteiger partial charge in [-0.15, -0.1) is 10.2 Å². The third-order valence-corrected chi connectivity index (χ3v) is 4.51. The molecule has 1 aromatic carbocycles. The van der Waals surface area contributed by atoms with Gasteiger partial charge in [-0.3, -0.25) is 9.48 Å². The van der Waals surface area contributed by atoms with E-state index in [1.54, 1.807) is 22.5 Å². The van der Waals surface area contributed by atoms with Crippen LogP contribution in [0.2, 0.25) is 0 Å². The number of carbonyl (C=O) groups is 1. The van der Waals surface area contributed by atoms with Crippen LogP contribution in [0.25, 0.3) is 17.1 Å². The van der Waals surface area contributed by atoms with E-state index in [4.69, 9.17) is 0 Å². The summed E-state index contributed by atoms with van der Waals surface area (Å²) < 4.78 is 3.26. The maximum absolute atomic E-state index is 12.5. The van der Waals surface area contributed by atoms with Crippen molar-refractivity contribution in [3.8, 4) is 17.1 Å². The minimum absolute atomic E-state index is 0.176. The number of nitrogens with one attached hydrogen (secondary N) is 2. The van der Waals surface area contributed by atoms with Gasteiger partial charge in [-0.1, -0.05) is 30.3 Å². The van der Waals surface area contributed by atoms with Gasteiger partial charge < -0.3 is 10.6 Å². The van der Waals surface area contributed by atoms with Crippen LogP contribution in [-0.2, 0) is 7.05 Å². The average molecular weight is 402 g/mol. The van der Waals surface area contributed by atoms with Crippen molar-refractivity contribution in [3.05, 3.63) is 72.2 Å². The summed E-state index contributed by atoms with van der Waals surface area (Å²) in [7, 11) is 1.76. The number of benzene rings is 1. The zero-order valence-corrected chi connectivity index (χ0v) is 16.8. The molecule has 0 atom stereocenters. The maximum Gasteiger partial charge on any atom is 0.269 e. The third kappa shape index (κ3) is 4.35. The van der Waals surface area contributed by atoms with Gasteiger partial charge in [0, 0.05) is 31.9 Å². The Kier molecular flexibility index (Phi) is 5.51. The fraction of sp³-hybridized carbons (Fsp3) is 0.190. The van der Waals surface area contributed by atoms with Crippen LogP contribution in [0.4, 0.5) is 5.82 Å². The summed E-state index contributed by atoms with van der Waals surface area (Å²) in [5, 5.41) is 23.1. The first-order valence-corrected chi connectivity index (χ1v) is 9.58. The Morgan fingerprint density at radius 2 is 1.83 bits per heavy atom. The van der Waals surface area contributed by atoms with E-state index in [0.717, 1.165) is 17.0 Å². The Hall–Kier alpha value is -4.01. The van der Waals surface area contributed by atoms with Crippen molar-refractivity contribution >= 4 is 11.7 Å². The first-order chi connectivity index (χ1) is 14.6. The Labute approximate surface area is 173 Å². The molecule has 30 heavy (non-hydrogen) atoms. The lowest BCUT2D eigenvalue weighted by Gasteiger charge is -2.07. The van der Waals surface area contributed by atoms with E-state index in [1.807, 2.05) is 61.7 Å². The smallest absolute Gasteiger partial charge is 0.269 e. The van der Waals surface area contributed by atoms with Gasteiger partial charge in [0.25, 0.3) is 5.91 Å². The predicted octanol–water partition coefficient (Wildman–Crippen LogP) is 2.21. The van der Waals surface area contributed by atoms with Crippen molar-refractivity contribution < 1.29 is 4.79 Å². The summed E-state index contributed by atoms with van der Waals surface area (Å²) >= 11 is 0. The number of hydrogen-bond acceptors (Lipinski definition) is 6. The van der Waals surface area contributed by atoms with Crippen LogP contribution in [0, 0.1) is 6.92 Å². The van der Waals surface area contributed by atoms with E-state index >= 15 is 0 Å².